The van der Waals surface area contributed by atoms with Gasteiger partial charge in [-0.2, -0.15) is 0 Å². The van der Waals surface area contributed by atoms with E-state index in [0.717, 1.165) is 22.9 Å². The third kappa shape index (κ3) is 3.40. The van der Waals surface area contributed by atoms with Crippen molar-refractivity contribution >= 4 is 22.5 Å². The van der Waals surface area contributed by atoms with Crippen LogP contribution in [0.25, 0.3) is 28.1 Å². The highest BCUT2D eigenvalue weighted by molar-refractivity contribution is 5.93. The molecule has 0 amide bonds. The zero-order chi connectivity index (χ0) is 23.2. The molecule has 3 aromatic heterocycles. The summed E-state index contributed by atoms with van der Waals surface area (Å²) in [7, 11) is 0. The second-order valence-electron chi connectivity index (χ2n) is 8.57. The third-order valence-electron chi connectivity index (χ3n) is 6.42. The maximum Gasteiger partial charge on any atom is 0.213 e. The van der Waals surface area contributed by atoms with E-state index in [4.69, 9.17) is 9.40 Å². The second kappa shape index (κ2) is 8.18. The van der Waals surface area contributed by atoms with E-state index in [1.54, 1.807) is 18.4 Å². The van der Waals surface area contributed by atoms with Gasteiger partial charge >= 0.3 is 0 Å². The van der Waals surface area contributed by atoms with Crippen molar-refractivity contribution in [1.82, 2.24) is 24.5 Å². The molecule has 0 bridgehead atoms. The Bertz CT molecular complexity index is 1480. The molecule has 0 saturated carbocycles. The molecular formula is C25H22F2N6O. The second-order valence-corrected chi connectivity index (χ2v) is 8.57. The number of fused-ring (bicyclic) bond motifs is 3. The van der Waals surface area contributed by atoms with Gasteiger partial charge in [-0.15, -0.1) is 10.2 Å². The Morgan fingerprint density at radius 1 is 1.00 bits per heavy atom. The van der Waals surface area contributed by atoms with Crippen LogP contribution < -0.4 is 4.90 Å². The number of rotatable bonds is 4. The molecule has 172 valence electrons. The summed E-state index contributed by atoms with van der Waals surface area (Å²) in [5, 5.41) is 9.79. The Hall–Kier alpha value is -3.85. The monoisotopic (exact) mass is 460 g/mol. The van der Waals surface area contributed by atoms with Gasteiger partial charge in [0.25, 0.3) is 0 Å². The molecule has 34 heavy (non-hydrogen) atoms. The van der Waals surface area contributed by atoms with E-state index in [2.05, 4.69) is 26.9 Å². The van der Waals surface area contributed by atoms with Crippen molar-refractivity contribution in [1.29, 1.82) is 0 Å². The van der Waals surface area contributed by atoms with Crippen LogP contribution in [-0.4, -0.2) is 50.2 Å². The quantitative estimate of drug-likeness (QED) is 0.393. The van der Waals surface area contributed by atoms with Crippen molar-refractivity contribution in [2.45, 2.75) is 19.5 Å². The fourth-order valence-electron chi connectivity index (χ4n) is 4.64. The molecule has 6 rings (SSSR count). The first-order valence-corrected chi connectivity index (χ1v) is 11.2. The van der Waals surface area contributed by atoms with Gasteiger partial charge in [0.1, 0.15) is 0 Å². The highest BCUT2D eigenvalue weighted by Gasteiger charge is 2.29. The lowest BCUT2D eigenvalue weighted by molar-refractivity contribution is 0.177. The lowest BCUT2D eigenvalue weighted by Gasteiger charge is -2.40. The average molecular weight is 460 g/mol. The molecule has 1 atom stereocenters. The van der Waals surface area contributed by atoms with Crippen LogP contribution in [-0.2, 0) is 6.54 Å². The summed E-state index contributed by atoms with van der Waals surface area (Å²) in [6.45, 7) is 4.43. The molecule has 7 nitrogen and oxygen atoms in total. The normalized spacial score (nSPS) is 17.1. The molecule has 0 N–H and O–H groups in total. The Morgan fingerprint density at radius 3 is 2.71 bits per heavy atom. The van der Waals surface area contributed by atoms with Crippen LogP contribution in [0, 0.1) is 11.6 Å². The van der Waals surface area contributed by atoms with Gasteiger partial charge in [0, 0.05) is 43.2 Å². The Kier molecular flexibility index (Phi) is 4.99. The molecule has 0 radical (unpaired) electrons. The minimum Gasteiger partial charge on any atom is -0.461 e. The molecule has 9 heteroatoms. The van der Waals surface area contributed by atoms with Crippen LogP contribution in [0.15, 0.2) is 65.3 Å². The minimum atomic E-state index is -0.815. The SMILES string of the molecule is C[C@H]1CN(c2nc3ccccc3c3nnc(-c4ccco4)n23)CCN1Cc1cccc(F)c1F. The van der Waals surface area contributed by atoms with Crippen LogP contribution >= 0.6 is 0 Å². The van der Waals surface area contributed by atoms with Crippen molar-refractivity contribution in [2.75, 3.05) is 24.5 Å². The summed E-state index contributed by atoms with van der Waals surface area (Å²) in [6, 6.07) is 15.9. The highest BCUT2D eigenvalue weighted by Crippen LogP contribution is 2.30. The molecule has 0 spiro atoms. The largest absolute Gasteiger partial charge is 0.461 e. The number of aromatic nitrogens is 4. The number of nitrogens with zero attached hydrogens (tertiary/aromatic N) is 6. The Labute approximate surface area is 194 Å². The predicted molar refractivity (Wildman–Crippen MR) is 124 cm³/mol. The maximum absolute atomic E-state index is 14.2. The van der Waals surface area contributed by atoms with Gasteiger partial charge in [0.2, 0.25) is 11.8 Å². The number of furan rings is 1. The average Bonchev–Trinajstić information content (AvgIpc) is 3.53. The smallest absolute Gasteiger partial charge is 0.213 e. The third-order valence-corrected chi connectivity index (χ3v) is 6.42. The molecule has 0 unspecified atom stereocenters. The van der Waals surface area contributed by atoms with Crippen molar-refractivity contribution in [3.63, 3.8) is 0 Å². The van der Waals surface area contributed by atoms with E-state index in [-0.39, 0.29) is 6.04 Å². The predicted octanol–water partition coefficient (Wildman–Crippen LogP) is 4.53. The van der Waals surface area contributed by atoms with E-state index >= 15 is 0 Å². The Morgan fingerprint density at radius 2 is 1.88 bits per heavy atom. The van der Waals surface area contributed by atoms with Crippen molar-refractivity contribution in [2.24, 2.45) is 0 Å². The van der Waals surface area contributed by atoms with E-state index in [1.165, 1.54) is 0 Å². The molecule has 1 aliphatic heterocycles. The van der Waals surface area contributed by atoms with E-state index in [0.29, 0.717) is 49.0 Å². The van der Waals surface area contributed by atoms with Gasteiger partial charge in [-0.1, -0.05) is 24.3 Å². The maximum atomic E-state index is 14.2. The fourth-order valence-corrected chi connectivity index (χ4v) is 4.64. The molecular weight excluding hydrogens is 438 g/mol. The topological polar surface area (TPSA) is 62.7 Å². The molecule has 1 fully saturated rings. The minimum absolute atomic E-state index is 0.0864. The number of benzene rings is 2. The van der Waals surface area contributed by atoms with Crippen LogP contribution in [0.5, 0.6) is 0 Å². The number of piperazine rings is 1. The Balaban J connectivity index is 1.37. The molecule has 4 heterocycles. The van der Waals surface area contributed by atoms with Crippen molar-refractivity contribution in [3.8, 4) is 11.6 Å². The first-order chi connectivity index (χ1) is 16.6. The zero-order valence-corrected chi connectivity index (χ0v) is 18.5. The standard InChI is InChI=1S/C25H22F2N6O/c1-16-14-32(12-11-31(16)15-17-6-4-8-19(26)22(17)27)25-28-20-9-3-2-7-18(20)23-29-30-24(33(23)25)21-10-5-13-34-21/h2-10,13,16H,11-12,14-15H2,1H3/t16-/m0/s1. The molecule has 2 aromatic carbocycles. The van der Waals surface area contributed by atoms with Gasteiger partial charge in [-0.05, 0) is 37.3 Å². The van der Waals surface area contributed by atoms with E-state index < -0.39 is 11.6 Å². The van der Waals surface area contributed by atoms with Crippen LogP contribution in [0.4, 0.5) is 14.7 Å². The summed E-state index contributed by atoms with van der Waals surface area (Å²) in [4.78, 5) is 9.33. The number of para-hydroxylation sites is 1. The van der Waals surface area contributed by atoms with Crippen LogP contribution in [0.2, 0.25) is 0 Å². The van der Waals surface area contributed by atoms with Gasteiger partial charge in [0.05, 0.1) is 11.8 Å². The van der Waals surface area contributed by atoms with Crippen molar-refractivity contribution in [3.05, 3.63) is 78.1 Å². The molecule has 5 aromatic rings. The van der Waals surface area contributed by atoms with Gasteiger partial charge in [-0.3, -0.25) is 4.90 Å². The van der Waals surface area contributed by atoms with E-state index in [1.807, 2.05) is 40.8 Å². The van der Waals surface area contributed by atoms with Crippen LogP contribution in [0.1, 0.15) is 12.5 Å². The summed E-state index contributed by atoms with van der Waals surface area (Å²) >= 11 is 0. The lowest BCUT2D eigenvalue weighted by Crippen LogP contribution is -2.52. The summed E-state index contributed by atoms with van der Waals surface area (Å²) in [6.07, 6.45) is 1.61. The number of hydrogen-bond acceptors (Lipinski definition) is 6. The van der Waals surface area contributed by atoms with Gasteiger partial charge < -0.3 is 9.32 Å². The molecule has 0 aliphatic carbocycles. The van der Waals surface area contributed by atoms with Crippen molar-refractivity contribution < 1.29 is 13.2 Å². The van der Waals surface area contributed by atoms with Gasteiger partial charge in [-0.25, -0.2) is 18.2 Å². The summed E-state index contributed by atoms with van der Waals surface area (Å²) < 4.78 is 35.5. The summed E-state index contributed by atoms with van der Waals surface area (Å²) in [5.74, 6) is 0.338. The number of hydrogen-bond donors (Lipinski definition) is 0. The first kappa shape index (κ1) is 20.7. The fraction of sp³-hybridized carbons (Fsp3) is 0.240. The van der Waals surface area contributed by atoms with Crippen LogP contribution in [0.3, 0.4) is 0 Å². The number of halogens is 2. The lowest BCUT2D eigenvalue weighted by atomic mass is 10.1. The number of anilines is 1. The summed E-state index contributed by atoms with van der Waals surface area (Å²) in [5.41, 5.74) is 1.91. The first-order valence-electron chi connectivity index (χ1n) is 11.2. The van der Waals surface area contributed by atoms with Gasteiger partial charge in [0.15, 0.2) is 23.0 Å². The highest BCUT2D eigenvalue weighted by atomic mass is 19.2. The van der Waals surface area contributed by atoms with E-state index in [9.17, 15) is 8.78 Å². The molecule has 1 aliphatic rings. The zero-order valence-electron chi connectivity index (χ0n) is 18.5. The molecule has 1 saturated heterocycles.